The number of hydrogen-bond donors (Lipinski definition) is 3. The second-order valence-corrected chi connectivity index (χ2v) is 9.86. The van der Waals surface area contributed by atoms with Crippen LogP contribution in [0.1, 0.15) is 25.0 Å². The maximum atomic E-state index is 12.6. The van der Waals surface area contributed by atoms with E-state index in [1.807, 2.05) is 13.8 Å². The minimum Gasteiger partial charge on any atom is -0.464 e. The van der Waals surface area contributed by atoms with Crippen LogP contribution in [0.3, 0.4) is 0 Å². The second kappa shape index (κ2) is 9.53. The number of amides is 2. The Morgan fingerprint density at radius 3 is 2.50 bits per heavy atom. The molecular weight excluding hydrogens is 452 g/mol. The van der Waals surface area contributed by atoms with Gasteiger partial charge in [0.05, 0.1) is 21.7 Å². The Bertz CT molecular complexity index is 1250. The summed E-state index contributed by atoms with van der Waals surface area (Å²) < 4.78 is 33.4. The smallest absolute Gasteiger partial charge is 0.328 e. The average Bonchev–Trinajstić information content (AvgIpc) is 3.10. The summed E-state index contributed by atoms with van der Waals surface area (Å²) in [4.78, 5) is 28.4. The lowest BCUT2D eigenvalue weighted by Crippen LogP contribution is -2.41. The van der Waals surface area contributed by atoms with Gasteiger partial charge < -0.3 is 15.4 Å². The molecule has 0 radical (unpaired) electrons. The van der Waals surface area contributed by atoms with Crippen LogP contribution < -0.4 is 15.4 Å². The third-order valence-electron chi connectivity index (χ3n) is 4.48. The van der Waals surface area contributed by atoms with Crippen LogP contribution in [-0.4, -0.2) is 38.1 Å². The van der Waals surface area contributed by atoms with Crippen LogP contribution in [0.4, 0.5) is 15.6 Å². The summed E-state index contributed by atoms with van der Waals surface area (Å²) in [5.74, 6) is -0.526. The van der Waals surface area contributed by atoms with Crippen LogP contribution >= 0.6 is 11.3 Å². The van der Waals surface area contributed by atoms with Crippen molar-refractivity contribution in [3.63, 3.8) is 0 Å². The topological polar surface area (TPSA) is 126 Å². The van der Waals surface area contributed by atoms with E-state index in [0.29, 0.717) is 15.9 Å². The van der Waals surface area contributed by atoms with Crippen molar-refractivity contribution in [2.45, 2.75) is 38.6 Å². The molecule has 9 nitrogen and oxygen atoms in total. The molecule has 11 heteroatoms. The molecule has 3 aromatic rings. The molecular formula is C21H24N4O5S2. The molecule has 0 spiro atoms. The molecule has 2 aromatic carbocycles. The zero-order chi connectivity index (χ0) is 23.5. The largest absolute Gasteiger partial charge is 0.464 e. The van der Waals surface area contributed by atoms with Gasteiger partial charge in [-0.1, -0.05) is 29.0 Å². The Kier molecular flexibility index (Phi) is 6.99. The first-order valence-electron chi connectivity index (χ1n) is 9.84. The number of hydrogen-bond acceptors (Lipinski definition) is 7. The molecule has 1 aromatic heterocycles. The van der Waals surface area contributed by atoms with Crippen molar-refractivity contribution in [3.05, 3.63) is 47.5 Å². The Labute approximate surface area is 190 Å². The lowest BCUT2D eigenvalue weighted by Gasteiger charge is -2.13. The van der Waals surface area contributed by atoms with Crippen LogP contribution in [0, 0.1) is 13.8 Å². The quantitative estimate of drug-likeness (QED) is 0.446. The van der Waals surface area contributed by atoms with Crippen molar-refractivity contribution in [2.24, 2.45) is 0 Å². The Morgan fingerprint density at radius 1 is 1.16 bits per heavy atom. The van der Waals surface area contributed by atoms with E-state index in [9.17, 15) is 18.0 Å². The number of fused-ring (bicyclic) bond motifs is 1. The predicted molar refractivity (Wildman–Crippen MR) is 125 cm³/mol. The van der Waals surface area contributed by atoms with Crippen LogP contribution in [-0.2, 0) is 19.6 Å². The fraction of sp³-hybridized carbons (Fsp3) is 0.286. The fourth-order valence-electron chi connectivity index (χ4n) is 2.89. The van der Waals surface area contributed by atoms with E-state index >= 15 is 0 Å². The minimum atomic E-state index is -3.77. The molecule has 1 unspecified atom stereocenters. The maximum absolute atomic E-state index is 12.6. The molecule has 0 saturated heterocycles. The highest BCUT2D eigenvalue weighted by molar-refractivity contribution is 7.93. The zero-order valence-electron chi connectivity index (χ0n) is 18.1. The monoisotopic (exact) mass is 476 g/mol. The van der Waals surface area contributed by atoms with Gasteiger partial charge >= 0.3 is 12.0 Å². The minimum absolute atomic E-state index is 0.147. The van der Waals surface area contributed by atoms with Gasteiger partial charge in [-0.15, -0.1) is 0 Å². The normalized spacial score (nSPS) is 12.2. The summed E-state index contributed by atoms with van der Waals surface area (Å²) in [5, 5.41) is 5.41. The first kappa shape index (κ1) is 23.5. The molecule has 0 aliphatic carbocycles. The van der Waals surface area contributed by atoms with Gasteiger partial charge in [0, 0.05) is 5.69 Å². The number of urea groups is 1. The summed E-state index contributed by atoms with van der Waals surface area (Å²) in [7, 11) is -3.77. The molecule has 170 valence electrons. The third kappa shape index (κ3) is 5.54. The highest BCUT2D eigenvalue weighted by atomic mass is 32.2. The van der Waals surface area contributed by atoms with E-state index in [-0.39, 0.29) is 16.6 Å². The number of benzene rings is 2. The number of carbonyl (C=O) groups is 2. The molecule has 3 N–H and O–H groups in total. The van der Waals surface area contributed by atoms with E-state index < -0.39 is 28.1 Å². The lowest BCUT2D eigenvalue weighted by atomic mass is 10.2. The summed E-state index contributed by atoms with van der Waals surface area (Å²) >= 11 is 1.16. The van der Waals surface area contributed by atoms with Gasteiger partial charge in [0.1, 0.15) is 6.04 Å². The fourth-order valence-corrected chi connectivity index (χ4v) is 5.11. The van der Waals surface area contributed by atoms with Gasteiger partial charge in [0.15, 0.2) is 5.13 Å². The van der Waals surface area contributed by atoms with Crippen molar-refractivity contribution in [2.75, 3.05) is 16.6 Å². The number of nitrogens with zero attached hydrogens (tertiary/aromatic N) is 1. The summed E-state index contributed by atoms with van der Waals surface area (Å²) in [5.41, 5.74) is 2.83. The van der Waals surface area contributed by atoms with E-state index in [4.69, 9.17) is 4.74 Å². The number of rotatable bonds is 7. The van der Waals surface area contributed by atoms with Gasteiger partial charge in [0.25, 0.3) is 10.0 Å². The Hall–Kier alpha value is -3.18. The highest BCUT2D eigenvalue weighted by Gasteiger charge is 2.19. The van der Waals surface area contributed by atoms with E-state index in [1.165, 1.54) is 19.1 Å². The summed E-state index contributed by atoms with van der Waals surface area (Å²) in [6.45, 7) is 7.13. The summed E-state index contributed by atoms with van der Waals surface area (Å²) in [6, 6.07) is 8.57. The molecule has 0 aliphatic heterocycles. The Morgan fingerprint density at radius 2 is 1.84 bits per heavy atom. The maximum Gasteiger partial charge on any atom is 0.328 e. The van der Waals surface area contributed by atoms with Gasteiger partial charge in [-0.25, -0.2) is 23.0 Å². The van der Waals surface area contributed by atoms with E-state index in [0.717, 1.165) is 22.5 Å². The lowest BCUT2D eigenvalue weighted by molar-refractivity contribution is -0.144. The second-order valence-electron chi connectivity index (χ2n) is 7.15. The number of ether oxygens (including phenoxy) is 1. The van der Waals surface area contributed by atoms with Crippen molar-refractivity contribution >= 4 is 54.4 Å². The number of thiazole rings is 1. The van der Waals surface area contributed by atoms with Crippen LogP contribution in [0.5, 0.6) is 0 Å². The molecule has 1 atom stereocenters. The molecule has 0 aliphatic rings. The third-order valence-corrected chi connectivity index (χ3v) is 6.89. The van der Waals surface area contributed by atoms with Crippen molar-refractivity contribution < 1.29 is 22.7 Å². The number of carbonyl (C=O) groups excluding carboxylic acids is 2. The van der Waals surface area contributed by atoms with Gasteiger partial charge in [-0.3, -0.25) is 4.72 Å². The zero-order valence-corrected chi connectivity index (χ0v) is 19.7. The molecule has 2 amide bonds. The number of nitrogens with one attached hydrogen (secondary N) is 3. The highest BCUT2D eigenvalue weighted by Crippen LogP contribution is 2.32. The number of aromatic nitrogens is 1. The Balaban J connectivity index is 1.77. The average molecular weight is 477 g/mol. The molecule has 32 heavy (non-hydrogen) atoms. The standard InChI is InChI=1S/C21H24N4O5S2/c1-5-30-19(26)14(4)22-20(27)23-15-10-13(3)18-17(11-15)31-21(24-18)25-32(28,29)16-8-6-12(2)7-9-16/h6-11,14H,5H2,1-4H3,(H,24,25)(H2,22,23,27). The number of aryl methyl sites for hydroxylation is 2. The van der Waals surface area contributed by atoms with Crippen LogP contribution in [0.2, 0.25) is 0 Å². The van der Waals surface area contributed by atoms with Gasteiger partial charge in [-0.05, 0) is 57.5 Å². The summed E-state index contributed by atoms with van der Waals surface area (Å²) in [6.07, 6.45) is 0. The molecule has 0 fully saturated rings. The predicted octanol–water partition coefficient (Wildman–Crippen LogP) is 3.79. The van der Waals surface area contributed by atoms with E-state index in [2.05, 4.69) is 20.3 Å². The number of anilines is 2. The van der Waals surface area contributed by atoms with Crippen molar-refractivity contribution in [3.8, 4) is 0 Å². The molecule has 0 bridgehead atoms. The number of esters is 1. The molecule has 3 rings (SSSR count). The van der Waals surface area contributed by atoms with Crippen molar-refractivity contribution in [1.82, 2.24) is 10.3 Å². The SMILES string of the molecule is CCOC(=O)C(C)NC(=O)Nc1cc(C)c2nc(NS(=O)(=O)c3ccc(C)cc3)sc2c1. The van der Waals surface area contributed by atoms with Crippen LogP contribution in [0.15, 0.2) is 41.3 Å². The van der Waals surface area contributed by atoms with Crippen molar-refractivity contribution in [1.29, 1.82) is 0 Å². The van der Waals surface area contributed by atoms with E-state index in [1.54, 1.807) is 31.2 Å². The van der Waals surface area contributed by atoms with Gasteiger partial charge in [0.2, 0.25) is 0 Å². The van der Waals surface area contributed by atoms with Crippen LogP contribution in [0.25, 0.3) is 10.2 Å². The van der Waals surface area contributed by atoms with Gasteiger partial charge in [-0.2, -0.15) is 0 Å². The molecule has 1 heterocycles. The first-order chi connectivity index (χ1) is 15.1. The number of sulfonamides is 1. The first-order valence-corrected chi connectivity index (χ1v) is 12.1. The molecule has 0 saturated carbocycles.